The van der Waals surface area contributed by atoms with Crippen molar-refractivity contribution in [1.29, 1.82) is 0 Å². The normalized spacial score (nSPS) is 22.2. The molecule has 19 heavy (non-hydrogen) atoms. The molecule has 104 valence electrons. The lowest BCUT2D eigenvalue weighted by Crippen LogP contribution is -2.41. The van der Waals surface area contributed by atoms with Crippen molar-refractivity contribution in [2.75, 3.05) is 13.3 Å². The second-order valence-electron chi connectivity index (χ2n) is 5.03. The molecule has 0 spiro atoms. The highest BCUT2D eigenvalue weighted by molar-refractivity contribution is 7.99. The third-order valence-electron chi connectivity index (χ3n) is 3.56. The number of hydrogen-bond acceptors (Lipinski definition) is 3. The van der Waals surface area contributed by atoms with Crippen molar-refractivity contribution in [3.8, 4) is 0 Å². The number of carbonyl (C=O) groups is 1. The third kappa shape index (κ3) is 4.13. The molecule has 0 bridgehead atoms. The summed E-state index contributed by atoms with van der Waals surface area (Å²) in [6.07, 6.45) is 9.04. The second-order valence-corrected chi connectivity index (χ2v) is 6.17. The molecular weight excluding hydrogens is 258 g/mol. The van der Waals surface area contributed by atoms with Gasteiger partial charge in [0.15, 0.2) is 0 Å². The Labute approximate surface area is 119 Å². The first kappa shape index (κ1) is 14.2. The zero-order chi connectivity index (χ0) is 13.7. The predicted molar refractivity (Wildman–Crippen MR) is 79.2 cm³/mol. The Morgan fingerprint density at radius 2 is 2.21 bits per heavy atom. The topological polar surface area (TPSA) is 45.2 Å². The molecule has 1 saturated carbocycles. The van der Waals surface area contributed by atoms with E-state index in [9.17, 15) is 4.79 Å². The maximum Gasteiger partial charge on any atom is 0.317 e. The minimum absolute atomic E-state index is 0.0172. The SMILES string of the molecule is CS[C@@H]1CC[C@H](NC(=O)N(C)Cc2ccncc2)C1. The highest BCUT2D eigenvalue weighted by Crippen LogP contribution is 2.28. The number of hydrogen-bond donors (Lipinski definition) is 1. The van der Waals surface area contributed by atoms with E-state index in [-0.39, 0.29) is 6.03 Å². The van der Waals surface area contributed by atoms with E-state index in [2.05, 4.69) is 16.6 Å². The molecule has 4 nitrogen and oxygen atoms in total. The van der Waals surface area contributed by atoms with Gasteiger partial charge < -0.3 is 10.2 Å². The van der Waals surface area contributed by atoms with Crippen LogP contribution in [0.5, 0.6) is 0 Å². The van der Waals surface area contributed by atoms with Crippen molar-refractivity contribution >= 4 is 17.8 Å². The molecule has 1 aliphatic carbocycles. The number of rotatable bonds is 4. The van der Waals surface area contributed by atoms with Crippen molar-refractivity contribution in [1.82, 2.24) is 15.2 Å². The van der Waals surface area contributed by atoms with Gasteiger partial charge in [0.25, 0.3) is 0 Å². The van der Waals surface area contributed by atoms with Crippen LogP contribution in [0, 0.1) is 0 Å². The Balaban J connectivity index is 1.80. The fourth-order valence-electron chi connectivity index (χ4n) is 2.40. The van der Waals surface area contributed by atoms with Crippen LogP contribution >= 0.6 is 11.8 Å². The van der Waals surface area contributed by atoms with Crippen molar-refractivity contribution in [3.05, 3.63) is 30.1 Å². The summed E-state index contributed by atoms with van der Waals surface area (Å²) >= 11 is 1.90. The number of nitrogens with one attached hydrogen (secondary N) is 1. The molecule has 2 amide bonds. The highest BCUT2D eigenvalue weighted by Gasteiger charge is 2.25. The van der Waals surface area contributed by atoms with Gasteiger partial charge in [-0.15, -0.1) is 0 Å². The molecule has 1 aromatic heterocycles. The molecule has 1 N–H and O–H groups in total. The summed E-state index contributed by atoms with van der Waals surface area (Å²) in [5.74, 6) is 0. The van der Waals surface area contributed by atoms with Crippen LogP contribution in [-0.4, -0.2) is 40.5 Å². The first-order chi connectivity index (χ1) is 9.19. The Morgan fingerprint density at radius 3 is 2.84 bits per heavy atom. The van der Waals surface area contributed by atoms with Gasteiger partial charge in [0.2, 0.25) is 0 Å². The summed E-state index contributed by atoms with van der Waals surface area (Å²) in [6, 6.07) is 4.22. The Morgan fingerprint density at radius 1 is 1.47 bits per heavy atom. The van der Waals surface area contributed by atoms with Gasteiger partial charge in [-0.05, 0) is 43.2 Å². The summed E-state index contributed by atoms with van der Waals surface area (Å²) in [4.78, 5) is 17.8. The number of thioether (sulfide) groups is 1. The van der Waals surface area contributed by atoms with Gasteiger partial charge in [-0.1, -0.05) is 0 Å². The minimum atomic E-state index is 0.0172. The molecule has 0 aliphatic heterocycles. The van der Waals surface area contributed by atoms with Crippen LogP contribution in [0.2, 0.25) is 0 Å². The Kier molecular flexibility index (Phi) is 5.07. The maximum atomic E-state index is 12.1. The van der Waals surface area contributed by atoms with Crippen molar-refractivity contribution in [2.45, 2.75) is 37.1 Å². The van der Waals surface area contributed by atoms with Gasteiger partial charge in [0, 0.05) is 37.3 Å². The van der Waals surface area contributed by atoms with Crippen LogP contribution in [0.1, 0.15) is 24.8 Å². The number of aromatic nitrogens is 1. The molecule has 0 radical (unpaired) electrons. The minimum Gasteiger partial charge on any atom is -0.335 e. The number of pyridine rings is 1. The lowest BCUT2D eigenvalue weighted by atomic mass is 10.2. The van der Waals surface area contributed by atoms with E-state index in [1.54, 1.807) is 17.3 Å². The van der Waals surface area contributed by atoms with Crippen LogP contribution < -0.4 is 5.32 Å². The lowest BCUT2D eigenvalue weighted by Gasteiger charge is -2.21. The zero-order valence-electron chi connectivity index (χ0n) is 11.5. The summed E-state index contributed by atoms with van der Waals surface area (Å²) < 4.78 is 0. The van der Waals surface area contributed by atoms with E-state index in [1.807, 2.05) is 30.9 Å². The van der Waals surface area contributed by atoms with E-state index < -0.39 is 0 Å². The quantitative estimate of drug-likeness (QED) is 0.921. The van der Waals surface area contributed by atoms with Crippen molar-refractivity contribution < 1.29 is 4.79 Å². The number of nitrogens with zero attached hydrogens (tertiary/aromatic N) is 2. The number of carbonyl (C=O) groups excluding carboxylic acids is 1. The van der Waals surface area contributed by atoms with Crippen LogP contribution in [0.25, 0.3) is 0 Å². The Hall–Kier alpha value is -1.23. The van der Waals surface area contributed by atoms with Crippen molar-refractivity contribution in [2.24, 2.45) is 0 Å². The first-order valence-electron chi connectivity index (χ1n) is 6.62. The molecule has 0 unspecified atom stereocenters. The van der Waals surface area contributed by atoms with E-state index in [0.29, 0.717) is 17.8 Å². The van der Waals surface area contributed by atoms with Gasteiger partial charge in [0.05, 0.1) is 0 Å². The average molecular weight is 279 g/mol. The molecule has 1 heterocycles. The number of urea groups is 1. The smallest absolute Gasteiger partial charge is 0.317 e. The van der Waals surface area contributed by atoms with Gasteiger partial charge in [-0.25, -0.2) is 4.79 Å². The van der Waals surface area contributed by atoms with Crippen LogP contribution in [0.4, 0.5) is 4.79 Å². The fourth-order valence-corrected chi connectivity index (χ4v) is 3.20. The van der Waals surface area contributed by atoms with E-state index in [0.717, 1.165) is 18.4 Å². The maximum absolute atomic E-state index is 12.1. The Bertz CT molecular complexity index is 412. The summed E-state index contributed by atoms with van der Waals surface area (Å²) in [5.41, 5.74) is 1.10. The summed E-state index contributed by atoms with van der Waals surface area (Å²) in [7, 11) is 1.83. The molecule has 5 heteroatoms. The van der Waals surface area contributed by atoms with E-state index >= 15 is 0 Å². The molecule has 1 fully saturated rings. The average Bonchev–Trinajstić information content (AvgIpc) is 2.87. The summed E-state index contributed by atoms with van der Waals surface area (Å²) in [5, 5.41) is 3.83. The van der Waals surface area contributed by atoms with Crippen LogP contribution in [-0.2, 0) is 6.54 Å². The zero-order valence-corrected chi connectivity index (χ0v) is 12.3. The van der Waals surface area contributed by atoms with Crippen molar-refractivity contribution in [3.63, 3.8) is 0 Å². The molecular formula is C14H21N3OS. The molecule has 2 atom stereocenters. The monoisotopic (exact) mass is 279 g/mol. The molecule has 0 aromatic carbocycles. The van der Waals surface area contributed by atoms with Crippen LogP contribution in [0.15, 0.2) is 24.5 Å². The lowest BCUT2D eigenvalue weighted by molar-refractivity contribution is 0.203. The predicted octanol–water partition coefficient (Wildman–Crippen LogP) is 2.51. The van der Waals surface area contributed by atoms with E-state index in [1.165, 1.54) is 6.42 Å². The molecule has 1 aromatic rings. The summed E-state index contributed by atoms with van der Waals surface area (Å²) in [6.45, 7) is 0.618. The van der Waals surface area contributed by atoms with Gasteiger partial charge in [0.1, 0.15) is 0 Å². The largest absolute Gasteiger partial charge is 0.335 e. The van der Waals surface area contributed by atoms with Gasteiger partial charge in [-0.3, -0.25) is 4.98 Å². The standard InChI is InChI=1S/C14H21N3OS/c1-17(10-11-5-7-15-8-6-11)14(18)16-12-3-4-13(9-12)19-2/h5-8,12-13H,3-4,9-10H2,1-2H3,(H,16,18)/t12-,13+/m0/s1. The van der Waals surface area contributed by atoms with E-state index in [4.69, 9.17) is 0 Å². The van der Waals surface area contributed by atoms with Gasteiger partial charge >= 0.3 is 6.03 Å². The molecule has 2 rings (SSSR count). The fraction of sp³-hybridized carbons (Fsp3) is 0.571. The molecule has 0 saturated heterocycles. The van der Waals surface area contributed by atoms with Crippen LogP contribution in [0.3, 0.4) is 0 Å². The van der Waals surface area contributed by atoms with Gasteiger partial charge in [-0.2, -0.15) is 11.8 Å². The second kappa shape index (κ2) is 6.80. The molecule has 1 aliphatic rings. The third-order valence-corrected chi connectivity index (χ3v) is 4.66. The number of amides is 2. The highest BCUT2D eigenvalue weighted by atomic mass is 32.2. The first-order valence-corrected chi connectivity index (χ1v) is 7.91.